The fraction of sp³-hybridized carbons (Fsp3) is 0. The van der Waals surface area contributed by atoms with Crippen molar-refractivity contribution in [3.63, 3.8) is 0 Å². The first-order chi connectivity index (χ1) is 31.2. The lowest BCUT2D eigenvalue weighted by Crippen LogP contribution is -2.03. The summed E-state index contributed by atoms with van der Waals surface area (Å²) in [6.45, 7) is 0. The van der Waals surface area contributed by atoms with Crippen molar-refractivity contribution in [3.05, 3.63) is 218 Å². The van der Waals surface area contributed by atoms with Gasteiger partial charge in [-0.3, -0.25) is 13.7 Å². The topological polar surface area (TPSA) is 53.5 Å². The molecule has 13 rings (SSSR count). The van der Waals surface area contributed by atoms with Crippen LogP contribution in [0.15, 0.2) is 218 Å². The van der Waals surface area contributed by atoms with Gasteiger partial charge in [0.15, 0.2) is 0 Å². The van der Waals surface area contributed by atoms with Gasteiger partial charge in [-0.1, -0.05) is 146 Å². The van der Waals surface area contributed by atoms with Crippen molar-refractivity contribution >= 4 is 65.4 Å². The van der Waals surface area contributed by atoms with Gasteiger partial charge in [-0.2, -0.15) is 0 Å². The van der Waals surface area contributed by atoms with Gasteiger partial charge in [-0.15, -0.1) is 0 Å². The summed E-state index contributed by atoms with van der Waals surface area (Å²) >= 11 is 0. The van der Waals surface area contributed by atoms with Gasteiger partial charge in [0.1, 0.15) is 17.5 Å². The highest BCUT2D eigenvalue weighted by atomic mass is 15.1. The molecule has 0 spiro atoms. The van der Waals surface area contributed by atoms with Crippen molar-refractivity contribution in [2.75, 3.05) is 0 Å². The lowest BCUT2D eigenvalue weighted by molar-refractivity contribution is 1.10. The van der Waals surface area contributed by atoms with Crippen molar-refractivity contribution in [1.29, 1.82) is 0 Å². The van der Waals surface area contributed by atoms with Gasteiger partial charge in [0, 0.05) is 32.8 Å². The number of para-hydroxylation sites is 6. The highest BCUT2D eigenvalue weighted by Crippen LogP contribution is 2.41. The van der Waals surface area contributed by atoms with Crippen LogP contribution in [0.2, 0.25) is 0 Å². The van der Waals surface area contributed by atoms with Crippen molar-refractivity contribution in [1.82, 2.24) is 28.7 Å². The third kappa shape index (κ3) is 5.55. The number of fused-ring (bicyclic) bond motifs is 6. The maximum absolute atomic E-state index is 5.47. The Morgan fingerprint density at radius 2 is 0.524 bits per heavy atom. The maximum atomic E-state index is 5.47. The van der Waals surface area contributed by atoms with Gasteiger partial charge in [-0.25, -0.2) is 15.0 Å². The molecule has 0 unspecified atom stereocenters. The normalized spacial score (nSPS) is 11.8. The molecule has 3 heterocycles. The minimum Gasteiger partial charge on any atom is -0.292 e. The van der Waals surface area contributed by atoms with Gasteiger partial charge in [0.05, 0.1) is 50.2 Å². The second-order valence-electron chi connectivity index (χ2n) is 16.1. The van der Waals surface area contributed by atoms with Crippen LogP contribution in [-0.2, 0) is 0 Å². The van der Waals surface area contributed by atoms with Crippen LogP contribution >= 0.6 is 0 Å². The molecule has 63 heavy (non-hydrogen) atoms. The first-order valence-corrected chi connectivity index (χ1v) is 21.3. The minimum atomic E-state index is 0.830. The number of nitrogens with zero attached hydrogens (tertiary/aromatic N) is 6. The molecule has 0 amide bonds. The highest BCUT2D eigenvalue weighted by molar-refractivity contribution is 5.98. The van der Waals surface area contributed by atoms with Crippen molar-refractivity contribution in [3.8, 4) is 51.2 Å². The van der Waals surface area contributed by atoms with Crippen LogP contribution in [0.1, 0.15) is 0 Å². The third-order valence-corrected chi connectivity index (χ3v) is 12.4. The lowest BCUT2D eigenvalue weighted by Gasteiger charge is -2.17. The van der Waals surface area contributed by atoms with E-state index in [1.165, 1.54) is 16.2 Å². The van der Waals surface area contributed by atoms with E-state index in [1.807, 2.05) is 0 Å². The lowest BCUT2D eigenvalue weighted by atomic mass is 10.0. The largest absolute Gasteiger partial charge is 0.292 e. The van der Waals surface area contributed by atoms with Crippen molar-refractivity contribution in [2.45, 2.75) is 0 Å². The molecule has 6 heteroatoms. The molecule has 0 fully saturated rings. The van der Waals surface area contributed by atoms with Crippen LogP contribution in [0.25, 0.3) is 117 Å². The van der Waals surface area contributed by atoms with Crippen LogP contribution in [0.3, 0.4) is 0 Å². The average Bonchev–Trinajstić information content (AvgIpc) is 4.06. The quantitative estimate of drug-likeness (QED) is 0.168. The van der Waals surface area contributed by atoms with Crippen LogP contribution in [-0.4, -0.2) is 28.7 Å². The summed E-state index contributed by atoms with van der Waals surface area (Å²) in [6.07, 6.45) is 0. The molecule has 0 bridgehead atoms. The third-order valence-electron chi connectivity index (χ3n) is 12.4. The van der Waals surface area contributed by atoms with E-state index in [0.29, 0.717) is 0 Å². The van der Waals surface area contributed by atoms with Crippen LogP contribution in [0.5, 0.6) is 0 Å². The molecule has 3 aromatic heterocycles. The van der Waals surface area contributed by atoms with Gasteiger partial charge >= 0.3 is 0 Å². The highest BCUT2D eigenvalue weighted by Gasteiger charge is 2.24. The summed E-state index contributed by atoms with van der Waals surface area (Å²) in [7, 11) is 0. The van der Waals surface area contributed by atoms with Gasteiger partial charge in [0.25, 0.3) is 0 Å². The Kier molecular flexibility index (Phi) is 7.80. The monoisotopic (exact) mass is 804 g/mol. The van der Waals surface area contributed by atoms with Crippen molar-refractivity contribution in [2.24, 2.45) is 0 Å². The zero-order valence-corrected chi connectivity index (χ0v) is 34.0. The number of hydrogen-bond donors (Lipinski definition) is 0. The van der Waals surface area contributed by atoms with Gasteiger partial charge in [-0.05, 0) is 89.0 Å². The molecule has 13 aromatic rings. The average molecular weight is 805 g/mol. The Balaban J connectivity index is 1.16. The van der Waals surface area contributed by atoms with E-state index in [9.17, 15) is 0 Å². The van der Waals surface area contributed by atoms with E-state index in [1.54, 1.807) is 0 Å². The number of hydrogen-bond acceptors (Lipinski definition) is 3. The van der Waals surface area contributed by atoms with Crippen LogP contribution < -0.4 is 0 Å². The van der Waals surface area contributed by atoms with Crippen LogP contribution in [0, 0.1) is 0 Å². The molecule has 0 aliphatic heterocycles. The Hall–Kier alpha value is -8.61. The summed E-state index contributed by atoms with van der Waals surface area (Å²) in [5, 5.41) is 6.95. The zero-order valence-electron chi connectivity index (χ0n) is 34.0. The molecule has 0 saturated carbocycles. The van der Waals surface area contributed by atoms with Gasteiger partial charge < -0.3 is 0 Å². The van der Waals surface area contributed by atoms with E-state index < -0.39 is 0 Å². The summed E-state index contributed by atoms with van der Waals surface area (Å²) in [6, 6.07) is 77.3. The predicted molar refractivity (Wildman–Crippen MR) is 259 cm³/mol. The second kappa shape index (κ2) is 14.0. The molecule has 0 aliphatic rings. The molecule has 0 atom stereocenters. The summed E-state index contributed by atoms with van der Waals surface area (Å²) in [5.41, 5.74) is 11.9. The maximum Gasteiger partial charge on any atom is 0.145 e. The zero-order chi connectivity index (χ0) is 41.4. The fourth-order valence-corrected chi connectivity index (χ4v) is 9.62. The fourth-order valence-electron chi connectivity index (χ4n) is 9.62. The molecule has 294 valence electrons. The summed E-state index contributed by atoms with van der Waals surface area (Å²) in [5.74, 6) is 2.49. The molecular weight excluding hydrogens is 769 g/mol. The molecule has 0 radical (unpaired) electrons. The standard InChI is InChI=1S/C57H36N6/c1-4-22-43-37(16-1)19-13-31-49(43)61-52-28-10-7-25-46(52)58-55(61)40-34-41(56-59-47-26-8-11-29-53(47)62(56)50-32-14-20-38-17-2-5-23-44(38)50)36-42(35-40)57-60-48-27-9-12-30-54(48)63(57)51-33-15-21-39-18-3-6-24-45(39)51/h1-36H. The molecule has 0 N–H and O–H groups in total. The first kappa shape index (κ1) is 35.2. The molecule has 0 aliphatic carbocycles. The van der Waals surface area contributed by atoms with Gasteiger partial charge in [0.2, 0.25) is 0 Å². The Labute approximate surface area is 362 Å². The minimum absolute atomic E-state index is 0.830. The number of benzene rings is 10. The summed E-state index contributed by atoms with van der Waals surface area (Å²) in [4.78, 5) is 16.4. The van der Waals surface area contributed by atoms with E-state index in [-0.39, 0.29) is 0 Å². The number of imidazole rings is 3. The second-order valence-corrected chi connectivity index (χ2v) is 16.1. The Morgan fingerprint density at radius 3 is 0.857 bits per heavy atom. The summed E-state index contributed by atoms with van der Waals surface area (Å²) < 4.78 is 6.96. The number of aromatic nitrogens is 6. The van der Waals surface area contributed by atoms with E-state index in [2.05, 4.69) is 232 Å². The van der Waals surface area contributed by atoms with E-state index >= 15 is 0 Å². The SMILES string of the molecule is c1ccc2c(-n3c(-c4cc(-c5nc6ccccc6n5-c5cccc6ccccc56)cc(-c5nc6ccccc6n5-c5cccc6ccccc56)c4)nc4ccccc43)cccc2c1. The Bertz CT molecular complexity index is 3510. The van der Waals surface area contributed by atoms with E-state index in [0.717, 1.165) is 100 Å². The predicted octanol–water partition coefficient (Wildman–Crippen LogP) is 14.2. The van der Waals surface area contributed by atoms with Crippen molar-refractivity contribution < 1.29 is 0 Å². The molecule has 0 saturated heterocycles. The smallest absolute Gasteiger partial charge is 0.145 e. The molecule has 10 aromatic carbocycles. The Morgan fingerprint density at radius 1 is 0.254 bits per heavy atom. The molecular formula is C57H36N6. The van der Waals surface area contributed by atoms with E-state index in [4.69, 9.17) is 15.0 Å². The first-order valence-electron chi connectivity index (χ1n) is 21.3. The van der Waals surface area contributed by atoms with Crippen LogP contribution in [0.4, 0.5) is 0 Å². The molecule has 6 nitrogen and oxygen atoms in total. The number of rotatable bonds is 6.